The number of alkyl halides is 3. The second-order valence-corrected chi connectivity index (χ2v) is 5.67. The lowest BCUT2D eigenvalue weighted by molar-refractivity contribution is -0.138. The molecule has 11 heteroatoms. The first-order chi connectivity index (χ1) is 12.0. The lowest BCUT2D eigenvalue weighted by atomic mass is 10.2. The van der Waals surface area contributed by atoms with Crippen LogP contribution in [0.25, 0.3) is 0 Å². The SMILES string of the molecule is O=C(NC(=O)c1c(F)cccc1F)Nc1cc(C(F)(F)F)c(Br)cc1F. The molecule has 0 spiro atoms. The summed E-state index contributed by atoms with van der Waals surface area (Å²) in [6.07, 6.45) is -4.84. The maximum Gasteiger partial charge on any atom is 0.417 e. The van der Waals surface area contributed by atoms with Gasteiger partial charge in [-0.1, -0.05) is 22.0 Å². The van der Waals surface area contributed by atoms with E-state index in [1.54, 1.807) is 5.32 Å². The Morgan fingerprint density at radius 3 is 2.08 bits per heavy atom. The molecule has 0 saturated carbocycles. The fraction of sp³-hybridized carbons (Fsp3) is 0.0667. The molecule has 0 atom stereocenters. The third kappa shape index (κ3) is 4.34. The van der Waals surface area contributed by atoms with Gasteiger partial charge in [-0.25, -0.2) is 18.0 Å². The molecule has 0 aliphatic rings. The smallest absolute Gasteiger partial charge is 0.305 e. The number of hydrogen-bond acceptors (Lipinski definition) is 2. The highest BCUT2D eigenvalue weighted by atomic mass is 79.9. The summed E-state index contributed by atoms with van der Waals surface area (Å²) in [7, 11) is 0. The number of halogens is 7. The van der Waals surface area contributed by atoms with Crippen molar-refractivity contribution in [3.8, 4) is 0 Å². The predicted octanol–water partition coefficient (Wildman–Crippen LogP) is 4.85. The Morgan fingerprint density at radius 2 is 1.54 bits per heavy atom. The van der Waals surface area contributed by atoms with Crippen LogP contribution in [0.15, 0.2) is 34.8 Å². The number of urea groups is 1. The molecule has 0 aliphatic heterocycles. The standard InChI is InChI=1S/C15H7BrF6N2O2/c16-7-5-10(19)11(4-6(7)15(20,21)22)23-14(26)24-13(25)12-8(17)2-1-3-9(12)18/h1-5H,(H2,23,24,25,26). The summed E-state index contributed by atoms with van der Waals surface area (Å²) in [5.74, 6) is -5.25. The molecule has 4 nitrogen and oxygen atoms in total. The summed E-state index contributed by atoms with van der Waals surface area (Å²) < 4.78 is 78.4. The fourth-order valence-electron chi connectivity index (χ4n) is 1.90. The van der Waals surface area contributed by atoms with Gasteiger partial charge in [0.25, 0.3) is 5.91 Å². The van der Waals surface area contributed by atoms with E-state index in [1.165, 1.54) is 5.32 Å². The van der Waals surface area contributed by atoms with Gasteiger partial charge in [0.15, 0.2) is 0 Å². The lowest BCUT2D eigenvalue weighted by Crippen LogP contribution is -2.35. The van der Waals surface area contributed by atoms with Crippen LogP contribution in [0.5, 0.6) is 0 Å². The second kappa shape index (κ2) is 7.36. The minimum Gasteiger partial charge on any atom is -0.305 e. The molecular formula is C15H7BrF6N2O2. The van der Waals surface area contributed by atoms with Gasteiger partial charge in [0.2, 0.25) is 0 Å². The molecule has 3 amide bonds. The van der Waals surface area contributed by atoms with Crippen molar-refractivity contribution in [2.75, 3.05) is 5.32 Å². The van der Waals surface area contributed by atoms with Crippen LogP contribution < -0.4 is 10.6 Å². The van der Waals surface area contributed by atoms with Crippen LogP contribution in [0.1, 0.15) is 15.9 Å². The largest absolute Gasteiger partial charge is 0.417 e. The van der Waals surface area contributed by atoms with Crippen molar-refractivity contribution in [3.63, 3.8) is 0 Å². The third-order valence-corrected chi connectivity index (χ3v) is 3.68. The summed E-state index contributed by atoms with van der Waals surface area (Å²) in [4.78, 5) is 23.4. The highest BCUT2D eigenvalue weighted by Crippen LogP contribution is 2.37. The number of carbonyl (C=O) groups excluding carboxylic acids is 2. The summed E-state index contributed by atoms with van der Waals surface area (Å²) >= 11 is 2.54. The summed E-state index contributed by atoms with van der Waals surface area (Å²) in [5, 5.41) is 3.18. The average Bonchev–Trinajstić information content (AvgIpc) is 2.48. The molecule has 0 bridgehead atoms. The number of nitrogens with one attached hydrogen (secondary N) is 2. The Kier molecular flexibility index (Phi) is 5.59. The summed E-state index contributed by atoms with van der Waals surface area (Å²) in [6, 6.07) is 1.80. The van der Waals surface area contributed by atoms with Crippen molar-refractivity contribution in [3.05, 3.63) is 63.4 Å². The Bertz CT molecular complexity index is 865. The minimum absolute atomic E-state index is 0.299. The summed E-state index contributed by atoms with van der Waals surface area (Å²) in [6.45, 7) is 0. The van der Waals surface area contributed by atoms with Gasteiger partial charge in [-0.3, -0.25) is 10.1 Å². The van der Waals surface area contributed by atoms with E-state index in [0.29, 0.717) is 12.1 Å². The van der Waals surface area contributed by atoms with Crippen LogP contribution in [0.3, 0.4) is 0 Å². The molecule has 26 heavy (non-hydrogen) atoms. The molecule has 0 aliphatic carbocycles. The van der Waals surface area contributed by atoms with E-state index in [9.17, 15) is 35.9 Å². The molecule has 0 aromatic heterocycles. The van der Waals surface area contributed by atoms with Gasteiger partial charge < -0.3 is 5.32 Å². The van der Waals surface area contributed by atoms with Gasteiger partial charge >= 0.3 is 12.2 Å². The molecule has 0 fully saturated rings. The Labute approximate surface area is 150 Å². The average molecular weight is 441 g/mol. The maximum atomic E-state index is 13.7. The van der Waals surface area contributed by atoms with Crippen molar-refractivity contribution in [1.82, 2.24) is 5.32 Å². The van der Waals surface area contributed by atoms with Crippen LogP contribution in [0, 0.1) is 17.5 Å². The van der Waals surface area contributed by atoms with Crippen molar-refractivity contribution in [1.29, 1.82) is 0 Å². The molecule has 0 heterocycles. The Balaban J connectivity index is 2.22. The van der Waals surface area contributed by atoms with Crippen LogP contribution in [0.4, 0.5) is 36.8 Å². The Morgan fingerprint density at radius 1 is 0.962 bits per heavy atom. The van der Waals surface area contributed by atoms with Gasteiger partial charge in [-0.05, 0) is 24.3 Å². The molecule has 0 saturated heterocycles. The van der Waals surface area contributed by atoms with E-state index < -0.39 is 56.9 Å². The van der Waals surface area contributed by atoms with Gasteiger partial charge in [0.05, 0.1) is 11.3 Å². The van der Waals surface area contributed by atoms with Crippen LogP contribution >= 0.6 is 15.9 Å². The number of rotatable bonds is 2. The quantitative estimate of drug-likeness (QED) is 0.656. The molecular weight excluding hydrogens is 434 g/mol. The topological polar surface area (TPSA) is 58.2 Å². The molecule has 2 N–H and O–H groups in total. The number of anilines is 1. The molecule has 138 valence electrons. The van der Waals surface area contributed by atoms with Crippen LogP contribution in [-0.2, 0) is 6.18 Å². The van der Waals surface area contributed by atoms with Gasteiger partial charge in [0, 0.05) is 4.47 Å². The first-order valence-corrected chi connectivity index (χ1v) is 7.42. The van der Waals surface area contributed by atoms with Crippen molar-refractivity contribution in [2.24, 2.45) is 0 Å². The monoisotopic (exact) mass is 440 g/mol. The first-order valence-electron chi connectivity index (χ1n) is 6.63. The number of carbonyl (C=O) groups is 2. The number of hydrogen-bond donors (Lipinski definition) is 2. The molecule has 0 unspecified atom stereocenters. The normalized spacial score (nSPS) is 11.2. The molecule has 2 aromatic rings. The third-order valence-electron chi connectivity index (χ3n) is 3.03. The highest BCUT2D eigenvalue weighted by molar-refractivity contribution is 9.10. The highest BCUT2D eigenvalue weighted by Gasteiger charge is 2.34. The maximum absolute atomic E-state index is 13.7. The van der Waals surface area contributed by atoms with Gasteiger partial charge in [-0.15, -0.1) is 0 Å². The van der Waals surface area contributed by atoms with E-state index in [0.717, 1.165) is 18.2 Å². The Hall–Kier alpha value is -2.56. The molecule has 0 radical (unpaired) electrons. The fourth-order valence-corrected chi connectivity index (χ4v) is 2.44. The minimum atomic E-state index is -4.84. The van der Waals surface area contributed by atoms with E-state index in [2.05, 4.69) is 15.9 Å². The zero-order valence-electron chi connectivity index (χ0n) is 12.3. The van der Waals surface area contributed by atoms with Crippen LogP contribution in [0.2, 0.25) is 0 Å². The summed E-state index contributed by atoms with van der Waals surface area (Å²) in [5.41, 5.74) is -3.24. The lowest BCUT2D eigenvalue weighted by Gasteiger charge is -2.13. The van der Waals surface area contributed by atoms with E-state index in [1.807, 2.05) is 0 Å². The van der Waals surface area contributed by atoms with E-state index in [-0.39, 0.29) is 0 Å². The van der Waals surface area contributed by atoms with Gasteiger partial charge in [0.1, 0.15) is 23.0 Å². The zero-order chi connectivity index (χ0) is 19.6. The predicted molar refractivity (Wildman–Crippen MR) is 81.9 cm³/mol. The van der Waals surface area contributed by atoms with Crippen LogP contribution in [-0.4, -0.2) is 11.9 Å². The molecule has 2 aromatic carbocycles. The van der Waals surface area contributed by atoms with Crippen molar-refractivity contribution in [2.45, 2.75) is 6.18 Å². The number of imide groups is 1. The zero-order valence-corrected chi connectivity index (χ0v) is 13.9. The molecule has 2 rings (SSSR count). The number of amides is 3. The van der Waals surface area contributed by atoms with Crippen molar-refractivity contribution < 1.29 is 35.9 Å². The van der Waals surface area contributed by atoms with Crippen molar-refractivity contribution >= 4 is 33.6 Å². The van der Waals surface area contributed by atoms with E-state index >= 15 is 0 Å². The number of benzene rings is 2. The second-order valence-electron chi connectivity index (χ2n) is 4.81. The van der Waals surface area contributed by atoms with E-state index in [4.69, 9.17) is 0 Å². The van der Waals surface area contributed by atoms with Gasteiger partial charge in [-0.2, -0.15) is 13.2 Å². The first kappa shape index (κ1) is 19.8.